The van der Waals surface area contributed by atoms with E-state index in [-0.39, 0.29) is 21.1 Å². The van der Waals surface area contributed by atoms with Crippen LogP contribution >= 0.6 is 11.8 Å². The first kappa shape index (κ1) is 20.9. The molecule has 30 heavy (non-hydrogen) atoms. The Morgan fingerprint density at radius 1 is 0.733 bits per heavy atom. The van der Waals surface area contributed by atoms with Gasteiger partial charge in [-0.1, -0.05) is 12.1 Å². The van der Waals surface area contributed by atoms with E-state index in [1.807, 2.05) is 31.0 Å². The molecule has 0 spiro atoms. The fourth-order valence-corrected chi connectivity index (χ4v) is 4.29. The third kappa shape index (κ3) is 4.10. The summed E-state index contributed by atoms with van der Waals surface area (Å²) in [7, 11) is 4.08. The van der Waals surface area contributed by atoms with Gasteiger partial charge in [0.25, 0.3) is 0 Å². The van der Waals surface area contributed by atoms with Gasteiger partial charge in [-0.2, -0.15) is 43.7 Å². The molecule has 2 heterocycles. The number of anilines is 4. The van der Waals surface area contributed by atoms with Crippen molar-refractivity contribution in [2.45, 2.75) is 9.79 Å². The molecule has 0 amide bonds. The van der Waals surface area contributed by atoms with Crippen LogP contribution in [0.4, 0.5) is 22.7 Å². The van der Waals surface area contributed by atoms with Crippen molar-refractivity contribution < 1.29 is 21.1 Å². The normalized spacial score (nSPS) is 14.9. The summed E-state index contributed by atoms with van der Waals surface area (Å²) in [5.74, 6) is 0. The molecule has 3 aromatic rings. The molecule has 6 heteroatoms. The number of benzene rings is 3. The fourth-order valence-electron chi connectivity index (χ4n) is 3.45. The van der Waals surface area contributed by atoms with Gasteiger partial charge in [-0.15, -0.1) is 51.1 Å². The molecular formula is C24H20N4PtS. The number of hydrogen-bond donors (Lipinski definition) is 0. The predicted octanol–water partition coefficient (Wildman–Crippen LogP) is 5.49. The molecule has 0 bridgehead atoms. The largest absolute Gasteiger partial charge is 4.00 e. The van der Waals surface area contributed by atoms with E-state index in [1.54, 1.807) is 11.8 Å². The summed E-state index contributed by atoms with van der Waals surface area (Å²) in [4.78, 5) is 10.5. The van der Waals surface area contributed by atoms with Gasteiger partial charge in [-0.25, -0.2) is 0 Å². The fraction of sp³-hybridized carbons (Fsp3) is 0.0833. The maximum atomic E-state index is 3.56. The van der Waals surface area contributed by atoms with E-state index in [9.17, 15) is 0 Å². The summed E-state index contributed by atoms with van der Waals surface area (Å²) >= 11 is 1.67. The zero-order chi connectivity index (χ0) is 19.8. The zero-order valence-electron chi connectivity index (χ0n) is 16.6. The maximum absolute atomic E-state index is 3.56. The Kier molecular flexibility index (Phi) is 6.12. The molecule has 152 valence electrons. The van der Waals surface area contributed by atoms with Crippen LogP contribution in [-0.2, 0) is 21.1 Å². The summed E-state index contributed by atoms with van der Waals surface area (Å²) in [5, 5.41) is 0. The van der Waals surface area contributed by atoms with Crippen molar-refractivity contribution in [1.82, 2.24) is 4.90 Å². The van der Waals surface area contributed by atoms with E-state index in [0.29, 0.717) is 0 Å². The van der Waals surface area contributed by atoms with Crippen LogP contribution in [0.2, 0.25) is 0 Å². The molecule has 0 N–H and O–H groups in total. The molecule has 0 fully saturated rings. The summed E-state index contributed by atoms with van der Waals surface area (Å²) < 4.78 is 0. The molecule has 0 atom stereocenters. The van der Waals surface area contributed by atoms with Gasteiger partial charge in [0.15, 0.2) is 0 Å². The van der Waals surface area contributed by atoms with E-state index >= 15 is 0 Å². The second kappa shape index (κ2) is 8.79. The Bertz CT molecular complexity index is 1070. The average molecular weight is 592 g/mol. The van der Waals surface area contributed by atoms with Gasteiger partial charge in [0.05, 0.1) is 0 Å². The standard InChI is InChI=1S/C24H20N4S.Pt/c1-25-13-14-27(17-25)19-7-5-9-21(15-19)29-22-10-6-8-20(16-22)28-18-26(2)23-11-3-4-12-24(23)28;/h3-14,17-18H,1-2H3;/q-4;+4. The van der Waals surface area contributed by atoms with Gasteiger partial charge >= 0.3 is 21.1 Å². The van der Waals surface area contributed by atoms with E-state index in [4.69, 9.17) is 0 Å². The molecule has 4 nitrogen and oxygen atoms in total. The zero-order valence-corrected chi connectivity index (χ0v) is 19.7. The average Bonchev–Trinajstić information content (AvgIpc) is 3.32. The van der Waals surface area contributed by atoms with Gasteiger partial charge in [0.2, 0.25) is 0 Å². The predicted molar refractivity (Wildman–Crippen MR) is 120 cm³/mol. The molecule has 0 aromatic heterocycles. The number of fused-ring (bicyclic) bond motifs is 1. The molecule has 0 saturated carbocycles. The van der Waals surface area contributed by atoms with Gasteiger partial charge in [0, 0.05) is 11.4 Å². The third-order valence-electron chi connectivity index (χ3n) is 4.84. The second-order valence-corrected chi connectivity index (χ2v) is 8.06. The van der Waals surface area contributed by atoms with Crippen molar-refractivity contribution >= 4 is 34.5 Å². The molecule has 0 aliphatic carbocycles. The number of para-hydroxylation sites is 2. The van der Waals surface area contributed by atoms with Gasteiger partial charge in [-0.05, 0) is 38.6 Å². The molecule has 0 radical (unpaired) electrons. The van der Waals surface area contributed by atoms with Gasteiger partial charge in [0.1, 0.15) is 0 Å². The third-order valence-corrected chi connectivity index (χ3v) is 5.76. The SMILES string of the molecule is CN1C=CN(c2[c-]c(Sc3[c-]c(N4[CH-]N(C)c5ccccc54)ccc3)ccc2)[CH-]1.[Pt+4]. The number of hydrogen-bond acceptors (Lipinski definition) is 5. The first-order valence-corrected chi connectivity index (χ1v) is 10.2. The Morgan fingerprint density at radius 2 is 1.40 bits per heavy atom. The minimum atomic E-state index is 0. The minimum absolute atomic E-state index is 0. The Hall–Kier alpha value is -2.36. The Morgan fingerprint density at radius 3 is 2.10 bits per heavy atom. The van der Waals surface area contributed by atoms with Gasteiger partial charge in [-0.3, -0.25) is 0 Å². The van der Waals surface area contributed by atoms with Crippen molar-refractivity contribution in [2.75, 3.05) is 28.8 Å². The second-order valence-electron chi connectivity index (χ2n) is 6.97. The molecule has 0 saturated heterocycles. The summed E-state index contributed by atoms with van der Waals surface area (Å²) in [6.45, 7) is 4.13. The van der Waals surface area contributed by atoms with Crippen LogP contribution < -0.4 is 14.7 Å². The van der Waals surface area contributed by atoms with Crippen LogP contribution in [0.25, 0.3) is 0 Å². The molecule has 0 unspecified atom stereocenters. The quantitative estimate of drug-likeness (QED) is 0.372. The summed E-state index contributed by atoms with van der Waals surface area (Å²) in [6.07, 6.45) is 4.05. The maximum Gasteiger partial charge on any atom is 4.00 e. The van der Waals surface area contributed by atoms with Crippen LogP contribution in [0.1, 0.15) is 0 Å². The Labute approximate surface area is 197 Å². The van der Waals surface area contributed by atoms with Crippen LogP contribution in [0.5, 0.6) is 0 Å². The smallest absolute Gasteiger partial charge is 0.510 e. The summed E-state index contributed by atoms with van der Waals surface area (Å²) in [5.41, 5.74) is 4.41. The first-order chi connectivity index (χ1) is 14.2. The van der Waals surface area contributed by atoms with Crippen molar-refractivity contribution in [3.05, 3.63) is 98.5 Å². The van der Waals surface area contributed by atoms with E-state index < -0.39 is 0 Å². The molecular weight excluding hydrogens is 571 g/mol. The van der Waals surface area contributed by atoms with Crippen molar-refractivity contribution in [3.8, 4) is 0 Å². The molecule has 5 rings (SSSR count). The van der Waals surface area contributed by atoms with Crippen LogP contribution in [0, 0.1) is 25.5 Å². The molecule has 2 aliphatic rings. The van der Waals surface area contributed by atoms with Crippen LogP contribution in [-0.4, -0.2) is 19.0 Å². The minimum Gasteiger partial charge on any atom is -0.510 e. The number of rotatable bonds is 4. The van der Waals surface area contributed by atoms with Gasteiger partial charge < -0.3 is 19.6 Å². The molecule has 2 aliphatic heterocycles. The van der Waals surface area contributed by atoms with E-state index in [0.717, 1.165) is 21.2 Å². The topological polar surface area (TPSA) is 13.0 Å². The number of nitrogens with zero attached hydrogens (tertiary/aromatic N) is 4. The monoisotopic (exact) mass is 591 g/mol. The van der Waals surface area contributed by atoms with E-state index in [2.05, 4.69) is 101 Å². The van der Waals surface area contributed by atoms with Crippen molar-refractivity contribution in [2.24, 2.45) is 0 Å². The Balaban J connectivity index is 0.00000218. The van der Waals surface area contributed by atoms with Crippen LogP contribution in [0.15, 0.2) is 82.9 Å². The summed E-state index contributed by atoms with van der Waals surface area (Å²) in [6, 6.07) is 27.9. The van der Waals surface area contributed by atoms with E-state index in [1.165, 1.54) is 11.4 Å². The molecule has 3 aromatic carbocycles. The van der Waals surface area contributed by atoms with Crippen molar-refractivity contribution in [3.63, 3.8) is 0 Å². The first-order valence-electron chi connectivity index (χ1n) is 9.40. The van der Waals surface area contributed by atoms with Crippen molar-refractivity contribution in [1.29, 1.82) is 0 Å². The van der Waals surface area contributed by atoms with Crippen LogP contribution in [0.3, 0.4) is 0 Å².